The minimum atomic E-state index is 0.531. The zero-order valence-corrected chi connectivity index (χ0v) is 13.1. The average molecular weight is 277 g/mol. The monoisotopic (exact) mass is 277 g/mol. The van der Waals surface area contributed by atoms with Crippen molar-refractivity contribution < 1.29 is 0 Å². The summed E-state index contributed by atoms with van der Waals surface area (Å²) >= 11 is 2.05. The molecule has 1 fully saturated rings. The lowest BCUT2D eigenvalue weighted by Crippen LogP contribution is -2.42. The summed E-state index contributed by atoms with van der Waals surface area (Å²) < 4.78 is 0. The highest BCUT2D eigenvalue weighted by molar-refractivity contribution is 7.99. The predicted molar refractivity (Wildman–Crippen MR) is 86.8 cm³/mol. The molecule has 2 heteroatoms. The molecule has 1 N–H and O–H groups in total. The van der Waals surface area contributed by atoms with E-state index >= 15 is 0 Å². The molecule has 1 aliphatic carbocycles. The SMILES string of the molecule is CCCC(NC1CCCCC1SC)c1ccccc1. The smallest absolute Gasteiger partial charge is 0.0323 e. The van der Waals surface area contributed by atoms with E-state index in [4.69, 9.17) is 0 Å². The van der Waals surface area contributed by atoms with Crippen LogP contribution in [0.1, 0.15) is 57.1 Å². The van der Waals surface area contributed by atoms with E-state index in [9.17, 15) is 0 Å². The van der Waals surface area contributed by atoms with Gasteiger partial charge < -0.3 is 5.32 Å². The minimum absolute atomic E-state index is 0.531. The quantitative estimate of drug-likeness (QED) is 0.802. The Labute approximate surface area is 122 Å². The van der Waals surface area contributed by atoms with Gasteiger partial charge in [0.25, 0.3) is 0 Å². The Kier molecular flexibility index (Phi) is 6.25. The first-order valence-electron chi connectivity index (χ1n) is 7.69. The molecule has 2 rings (SSSR count). The van der Waals surface area contributed by atoms with Crippen molar-refractivity contribution in [1.29, 1.82) is 0 Å². The van der Waals surface area contributed by atoms with E-state index < -0.39 is 0 Å². The molecule has 1 nitrogen and oxygen atoms in total. The predicted octanol–water partition coefficient (Wildman–Crippen LogP) is 4.79. The van der Waals surface area contributed by atoms with Crippen LogP contribution in [0.4, 0.5) is 0 Å². The molecule has 3 atom stereocenters. The fourth-order valence-electron chi connectivity index (χ4n) is 3.15. The van der Waals surface area contributed by atoms with E-state index in [0.717, 1.165) is 5.25 Å². The molecule has 0 amide bonds. The van der Waals surface area contributed by atoms with Gasteiger partial charge in [0, 0.05) is 17.3 Å². The fourth-order valence-corrected chi connectivity index (χ4v) is 4.09. The molecule has 0 heterocycles. The van der Waals surface area contributed by atoms with E-state index in [0.29, 0.717) is 12.1 Å². The molecular weight excluding hydrogens is 250 g/mol. The molecule has 3 unspecified atom stereocenters. The minimum Gasteiger partial charge on any atom is -0.306 e. The maximum atomic E-state index is 3.95. The molecule has 0 radical (unpaired) electrons. The number of nitrogens with one attached hydrogen (secondary N) is 1. The fraction of sp³-hybridized carbons (Fsp3) is 0.647. The molecule has 1 aromatic rings. The van der Waals surface area contributed by atoms with Crippen LogP contribution in [0, 0.1) is 0 Å². The summed E-state index contributed by atoms with van der Waals surface area (Å²) in [7, 11) is 0. The van der Waals surface area contributed by atoms with Crippen LogP contribution in [-0.4, -0.2) is 17.5 Å². The Hall–Kier alpha value is -0.470. The summed E-state index contributed by atoms with van der Waals surface area (Å²) in [5.41, 5.74) is 1.45. The highest BCUT2D eigenvalue weighted by Gasteiger charge is 2.26. The third-order valence-corrected chi connectivity index (χ3v) is 5.37. The van der Waals surface area contributed by atoms with Crippen LogP contribution in [0.2, 0.25) is 0 Å². The largest absolute Gasteiger partial charge is 0.306 e. The molecule has 0 aliphatic heterocycles. The number of thioether (sulfide) groups is 1. The molecule has 1 aliphatic rings. The molecule has 106 valence electrons. The first-order valence-corrected chi connectivity index (χ1v) is 8.97. The van der Waals surface area contributed by atoms with Crippen molar-refractivity contribution in [1.82, 2.24) is 5.32 Å². The van der Waals surface area contributed by atoms with Gasteiger partial charge in [-0.05, 0) is 31.1 Å². The topological polar surface area (TPSA) is 12.0 Å². The summed E-state index contributed by atoms with van der Waals surface area (Å²) in [4.78, 5) is 0. The van der Waals surface area contributed by atoms with Gasteiger partial charge in [-0.1, -0.05) is 56.5 Å². The van der Waals surface area contributed by atoms with Crippen LogP contribution in [0.25, 0.3) is 0 Å². The van der Waals surface area contributed by atoms with Crippen molar-refractivity contribution in [3.05, 3.63) is 35.9 Å². The van der Waals surface area contributed by atoms with Crippen molar-refractivity contribution in [3.63, 3.8) is 0 Å². The maximum absolute atomic E-state index is 3.95. The second-order valence-electron chi connectivity index (χ2n) is 5.58. The van der Waals surface area contributed by atoms with Crippen LogP contribution in [0.3, 0.4) is 0 Å². The van der Waals surface area contributed by atoms with Crippen molar-refractivity contribution in [2.24, 2.45) is 0 Å². The Morgan fingerprint density at radius 2 is 1.95 bits per heavy atom. The number of rotatable bonds is 6. The summed E-state index contributed by atoms with van der Waals surface area (Å²) in [6.07, 6.45) is 10.3. The van der Waals surface area contributed by atoms with Crippen LogP contribution in [0.15, 0.2) is 30.3 Å². The standard InChI is InChI=1S/C17H27NS/c1-3-9-15(14-10-5-4-6-11-14)18-16-12-7-8-13-17(16)19-2/h4-6,10-11,15-18H,3,7-9,12-13H2,1-2H3. The van der Waals surface area contributed by atoms with Gasteiger partial charge in [0.2, 0.25) is 0 Å². The molecule has 0 spiro atoms. The molecule has 19 heavy (non-hydrogen) atoms. The van der Waals surface area contributed by atoms with Crippen LogP contribution in [0.5, 0.6) is 0 Å². The third-order valence-electron chi connectivity index (χ3n) is 4.20. The van der Waals surface area contributed by atoms with E-state index in [1.165, 1.54) is 44.1 Å². The van der Waals surface area contributed by atoms with Crippen molar-refractivity contribution in [3.8, 4) is 0 Å². The summed E-state index contributed by atoms with van der Waals surface area (Å²) in [6, 6.07) is 12.2. The highest BCUT2D eigenvalue weighted by atomic mass is 32.2. The van der Waals surface area contributed by atoms with E-state index in [1.807, 2.05) is 11.8 Å². The Morgan fingerprint density at radius 1 is 1.21 bits per heavy atom. The van der Waals surface area contributed by atoms with Crippen LogP contribution < -0.4 is 5.32 Å². The zero-order valence-electron chi connectivity index (χ0n) is 12.3. The second-order valence-corrected chi connectivity index (χ2v) is 6.66. The van der Waals surface area contributed by atoms with Gasteiger partial charge in [-0.3, -0.25) is 0 Å². The molecule has 1 saturated carbocycles. The summed E-state index contributed by atoms with van der Waals surface area (Å²) in [5.74, 6) is 0. The Balaban J connectivity index is 2.03. The number of hydrogen-bond donors (Lipinski definition) is 1. The van der Waals surface area contributed by atoms with Gasteiger partial charge in [-0.25, -0.2) is 0 Å². The molecule has 1 aromatic carbocycles. The first-order chi connectivity index (χ1) is 9.35. The van der Waals surface area contributed by atoms with Crippen LogP contribution in [-0.2, 0) is 0 Å². The summed E-state index contributed by atoms with van der Waals surface area (Å²) in [6.45, 7) is 2.28. The van der Waals surface area contributed by atoms with E-state index in [2.05, 4.69) is 48.8 Å². The molecule has 0 aromatic heterocycles. The van der Waals surface area contributed by atoms with E-state index in [-0.39, 0.29) is 0 Å². The Morgan fingerprint density at radius 3 is 2.63 bits per heavy atom. The van der Waals surface area contributed by atoms with Crippen LogP contribution >= 0.6 is 11.8 Å². The molecule has 0 bridgehead atoms. The Bertz CT molecular complexity index is 352. The van der Waals surface area contributed by atoms with Crippen molar-refractivity contribution >= 4 is 11.8 Å². The summed E-state index contributed by atoms with van der Waals surface area (Å²) in [5, 5.41) is 4.76. The van der Waals surface area contributed by atoms with Gasteiger partial charge >= 0.3 is 0 Å². The highest BCUT2D eigenvalue weighted by Crippen LogP contribution is 2.30. The van der Waals surface area contributed by atoms with Gasteiger partial charge in [0.05, 0.1) is 0 Å². The van der Waals surface area contributed by atoms with Gasteiger partial charge in [-0.2, -0.15) is 11.8 Å². The number of benzene rings is 1. The zero-order chi connectivity index (χ0) is 13.5. The second kappa shape index (κ2) is 7.96. The molecule has 0 saturated heterocycles. The maximum Gasteiger partial charge on any atom is 0.0323 e. The van der Waals surface area contributed by atoms with Gasteiger partial charge in [0.1, 0.15) is 0 Å². The lowest BCUT2D eigenvalue weighted by atomic mass is 9.92. The number of hydrogen-bond acceptors (Lipinski definition) is 2. The molecular formula is C17H27NS. The average Bonchev–Trinajstić information content (AvgIpc) is 2.48. The van der Waals surface area contributed by atoms with Gasteiger partial charge in [-0.15, -0.1) is 0 Å². The third kappa shape index (κ3) is 4.25. The van der Waals surface area contributed by atoms with Gasteiger partial charge in [0.15, 0.2) is 0 Å². The van der Waals surface area contributed by atoms with Crippen molar-refractivity contribution in [2.45, 2.75) is 62.8 Å². The normalized spacial score (nSPS) is 25.2. The first kappa shape index (κ1) is 14.9. The lowest BCUT2D eigenvalue weighted by molar-refractivity contribution is 0.337. The van der Waals surface area contributed by atoms with E-state index in [1.54, 1.807) is 0 Å². The lowest BCUT2D eigenvalue weighted by Gasteiger charge is -2.34. The van der Waals surface area contributed by atoms with Crippen molar-refractivity contribution in [2.75, 3.05) is 6.26 Å².